The average molecular weight is 382 g/mol. The molecule has 1 amide bonds. The minimum absolute atomic E-state index is 0.0805. The van der Waals surface area contributed by atoms with Crippen LogP contribution >= 0.6 is 0 Å². The molecule has 2 aliphatic rings. The SMILES string of the molecule is CO[N+](C)([O-])c1cc2c(cc1F)OC1(CCN(C(=O)OC(C)(C)C)CC1)C2. The summed E-state index contributed by atoms with van der Waals surface area (Å²) in [5.41, 5.74) is -0.312. The third-order valence-corrected chi connectivity index (χ3v) is 5.08. The number of fused-ring (bicyclic) bond motifs is 1. The monoisotopic (exact) mass is 382 g/mol. The van der Waals surface area contributed by atoms with E-state index in [1.165, 1.54) is 26.3 Å². The van der Waals surface area contributed by atoms with Crippen LogP contribution in [0.3, 0.4) is 0 Å². The molecule has 0 N–H and O–H groups in total. The van der Waals surface area contributed by atoms with E-state index >= 15 is 0 Å². The lowest BCUT2D eigenvalue weighted by Crippen LogP contribution is -2.50. The Labute approximate surface area is 158 Å². The van der Waals surface area contributed by atoms with Crippen LogP contribution in [0.1, 0.15) is 39.2 Å². The Kier molecular flexibility index (Phi) is 4.86. The second kappa shape index (κ2) is 6.61. The maximum Gasteiger partial charge on any atom is 0.410 e. The van der Waals surface area contributed by atoms with Crippen LogP contribution in [-0.2, 0) is 16.0 Å². The fraction of sp³-hybridized carbons (Fsp3) is 0.632. The molecule has 0 aliphatic carbocycles. The van der Waals surface area contributed by atoms with E-state index in [1.54, 1.807) is 4.90 Å². The van der Waals surface area contributed by atoms with Crippen molar-refractivity contribution in [1.29, 1.82) is 0 Å². The Morgan fingerprint density at radius 1 is 1.33 bits per heavy atom. The summed E-state index contributed by atoms with van der Waals surface area (Å²) in [7, 11) is 2.47. The van der Waals surface area contributed by atoms with Crippen molar-refractivity contribution in [2.24, 2.45) is 0 Å². The molecule has 0 radical (unpaired) electrons. The Bertz CT molecular complexity index is 736. The molecule has 1 atom stereocenters. The number of hydroxylamine groups is 2. The molecule has 1 fully saturated rings. The topological polar surface area (TPSA) is 71.1 Å². The average Bonchev–Trinajstić information content (AvgIpc) is 2.89. The number of rotatable bonds is 2. The third-order valence-electron chi connectivity index (χ3n) is 5.08. The number of nitrogens with zero attached hydrogens (tertiary/aromatic N) is 2. The van der Waals surface area contributed by atoms with Gasteiger partial charge in [0, 0.05) is 50.0 Å². The van der Waals surface area contributed by atoms with Gasteiger partial charge in [-0.1, -0.05) is 0 Å². The van der Waals surface area contributed by atoms with Crippen molar-refractivity contribution in [3.63, 3.8) is 0 Å². The van der Waals surface area contributed by atoms with E-state index < -0.39 is 21.8 Å². The van der Waals surface area contributed by atoms with Crippen molar-refractivity contribution >= 4 is 11.8 Å². The van der Waals surface area contributed by atoms with Crippen LogP contribution in [0, 0.1) is 11.0 Å². The van der Waals surface area contributed by atoms with Crippen molar-refractivity contribution in [1.82, 2.24) is 9.71 Å². The fourth-order valence-corrected chi connectivity index (χ4v) is 3.55. The Morgan fingerprint density at radius 3 is 2.52 bits per heavy atom. The standard InChI is InChI=1S/C19H27FN2O5/c1-18(2,3)27-17(23)21-8-6-19(7-9-21)12-13-10-15(22(4,24)25-5)14(20)11-16(13)26-19/h10-11H,6-9,12H2,1-5H3. The predicted molar refractivity (Wildman–Crippen MR) is 98.6 cm³/mol. The van der Waals surface area contributed by atoms with Crippen molar-refractivity contribution in [3.05, 3.63) is 28.7 Å². The number of halogens is 1. The van der Waals surface area contributed by atoms with Gasteiger partial charge in [0.15, 0.2) is 5.82 Å². The molecule has 3 rings (SSSR count). The molecule has 1 aromatic rings. The molecule has 2 aliphatic heterocycles. The van der Waals surface area contributed by atoms with Gasteiger partial charge in [-0.15, -0.1) is 0 Å². The molecule has 1 aromatic carbocycles. The Morgan fingerprint density at radius 2 is 1.96 bits per heavy atom. The number of hydrogen-bond acceptors (Lipinski definition) is 5. The summed E-state index contributed by atoms with van der Waals surface area (Å²) in [6, 6.07) is 2.78. The summed E-state index contributed by atoms with van der Waals surface area (Å²) in [5, 5.41) is 12.3. The van der Waals surface area contributed by atoms with Crippen LogP contribution in [0.4, 0.5) is 14.9 Å². The summed E-state index contributed by atoms with van der Waals surface area (Å²) in [6.45, 7) is 6.52. The number of benzene rings is 1. The van der Waals surface area contributed by atoms with Gasteiger partial charge in [0.25, 0.3) is 0 Å². The predicted octanol–water partition coefficient (Wildman–Crippen LogP) is 3.53. The van der Waals surface area contributed by atoms with Crippen LogP contribution in [-0.4, -0.2) is 49.4 Å². The minimum atomic E-state index is -1.25. The first kappa shape index (κ1) is 19.9. The summed E-state index contributed by atoms with van der Waals surface area (Å²) < 4.78 is 25.9. The summed E-state index contributed by atoms with van der Waals surface area (Å²) in [6.07, 6.45) is 1.47. The quantitative estimate of drug-likeness (QED) is 0.578. The third kappa shape index (κ3) is 4.02. The van der Waals surface area contributed by atoms with E-state index in [4.69, 9.17) is 14.3 Å². The Hall–Kier alpha value is -1.90. The highest BCUT2D eigenvalue weighted by molar-refractivity contribution is 5.68. The minimum Gasteiger partial charge on any atom is -0.593 e. The highest BCUT2D eigenvalue weighted by atomic mass is 19.1. The molecule has 27 heavy (non-hydrogen) atoms. The zero-order valence-corrected chi connectivity index (χ0v) is 16.5. The van der Waals surface area contributed by atoms with Gasteiger partial charge in [0.2, 0.25) is 5.69 Å². The first-order chi connectivity index (χ1) is 12.4. The smallest absolute Gasteiger partial charge is 0.410 e. The second-order valence-electron chi connectivity index (χ2n) is 8.37. The van der Waals surface area contributed by atoms with Crippen molar-refractivity contribution < 1.29 is 23.5 Å². The van der Waals surface area contributed by atoms with Crippen molar-refractivity contribution in [2.75, 3.05) is 27.2 Å². The summed E-state index contributed by atoms with van der Waals surface area (Å²) in [5.74, 6) is -0.200. The van der Waals surface area contributed by atoms with Gasteiger partial charge in [-0.05, 0) is 20.8 Å². The summed E-state index contributed by atoms with van der Waals surface area (Å²) >= 11 is 0. The number of piperidine rings is 1. The van der Waals surface area contributed by atoms with Gasteiger partial charge < -0.3 is 19.6 Å². The molecule has 0 aromatic heterocycles. The van der Waals surface area contributed by atoms with Gasteiger partial charge in [-0.3, -0.25) is 0 Å². The van der Waals surface area contributed by atoms with Crippen LogP contribution in [0.15, 0.2) is 12.1 Å². The Balaban J connectivity index is 1.71. The van der Waals surface area contributed by atoms with Gasteiger partial charge >= 0.3 is 6.09 Å². The number of hydrogen-bond donors (Lipinski definition) is 0. The van der Waals surface area contributed by atoms with Gasteiger partial charge in [0.05, 0.1) is 7.11 Å². The second-order valence-corrected chi connectivity index (χ2v) is 8.37. The molecule has 7 nitrogen and oxygen atoms in total. The molecule has 1 unspecified atom stereocenters. The first-order valence-electron chi connectivity index (χ1n) is 9.08. The molecule has 2 heterocycles. The van der Waals surface area contributed by atoms with Gasteiger partial charge in [-0.25, -0.2) is 14.0 Å². The zero-order valence-electron chi connectivity index (χ0n) is 16.5. The van der Waals surface area contributed by atoms with Crippen LogP contribution in [0.2, 0.25) is 0 Å². The van der Waals surface area contributed by atoms with E-state index in [0.29, 0.717) is 38.1 Å². The molecule has 1 spiro atoms. The first-order valence-corrected chi connectivity index (χ1v) is 9.08. The number of carbonyl (C=O) groups excluding carboxylic acids is 1. The highest BCUT2D eigenvalue weighted by Gasteiger charge is 2.44. The van der Waals surface area contributed by atoms with E-state index in [-0.39, 0.29) is 11.8 Å². The molecule has 0 bridgehead atoms. The van der Waals surface area contributed by atoms with E-state index in [2.05, 4.69) is 0 Å². The highest BCUT2D eigenvalue weighted by Crippen LogP contribution is 2.44. The fourth-order valence-electron chi connectivity index (χ4n) is 3.55. The maximum atomic E-state index is 14.4. The number of amides is 1. The van der Waals surface area contributed by atoms with Crippen LogP contribution in [0.25, 0.3) is 0 Å². The van der Waals surface area contributed by atoms with Crippen molar-refractivity contribution in [3.8, 4) is 5.75 Å². The molecule has 8 heteroatoms. The van der Waals surface area contributed by atoms with E-state index in [1.807, 2.05) is 20.8 Å². The number of likely N-dealkylation sites (tertiary alicyclic amines) is 1. The number of carbonyl (C=O) groups is 1. The van der Waals surface area contributed by atoms with E-state index in [0.717, 1.165) is 5.56 Å². The lowest BCUT2D eigenvalue weighted by atomic mass is 9.87. The number of quaternary nitrogens is 1. The van der Waals surface area contributed by atoms with Gasteiger partial charge in [-0.2, -0.15) is 4.81 Å². The van der Waals surface area contributed by atoms with E-state index in [9.17, 15) is 14.4 Å². The molecular weight excluding hydrogens is 355 g/mol. The number of ether oxygens (including phenoxy) is 2. The lowest BCUT2D eigenvalue weighted by Gasteiger charge is -2.39. The lowest BCUT2D eigenvalue weighted by molar-refractivity contribution is -0.0578. The molecule has 1 saturated heterocycles. The zero-order chi connectivity index (χ0) is 20.0. The van der Waals surface area contributed by atoms with Gasteiger partial charge in [0.1, 0.15) is 24.0 Å². The molecule has 0 saturated carbocycles. The molecular formula is C19H27FN2O5. The maximum absolute atomic E-state index is 14.4. The van der Waals surface area contributed by atoms with Crippen LogP contribution in [0.5, 0.6) is 5.75 Å². The largest absolute Gasteiger partial charge is 0.593 e. The van der Waals surface area contributed by atoms with Crippen LogP contribution < -0.4 is 9.55 Å². The molecule has 150 valence electrons. The normalized spacial score (nSPS) is 20.8. The summed E-state index contributed by atoms with van der Waals surface area (Å²) in [4.78, 5) is 17.5. The van der Waals surface area contributed by atoms with Crippen molar-refractivity contribution in [2.45, 2.75) is 51.2 Å².